The van der Waals surface area contributed by atoms with Gasteiger partial charge in [0.1, 0.15) is 6.10 Å². The quantitative estimate of drug-likeness (QED) is 0.306. The van der Waals surface area contributed by atoms with Gasteiger partial charge >= 0.3 is 5.97 Å². The molecule has 0 spiro atoms. The van der Waals surface area contributed by atoms with Crippen LogP contribution < -0.4 is 0 Å². The second-order valence-electron chi connectivity index (χ2n) is 13.2. The number of rotatable bonds is 6. The molecule has 0 radical (unpaired) electrons. The van der Waals surface area contributed by atoms with Gasteiger partial charge in [0, 0.05) is 6.92 Å². The first-order chi connectivity index (χ1) is 15.1. The van der Waals surface area contributed by atoms with Gasteiger partial charge in [0.05, 0.1) is 0 Å². The average Bonchev–Trinajstić information content (AvgIpc) is 3.08. The second kappa shape index (κ2) is 9.10. The Morgan fingerprint density at radius 2 is 1.81 bits per heavy atom. The Hall–Kier alpha value is -0.790. The zero-order chi connectivity index (χ0) is 23.3. The Bertz CT molecular complexity index is 722. The van der Waals surface area contributed by atoms with Crippen molar-refractivity contribution in [3.05, 3.63) is 11.6 Å². The molecule has 9 atom stereocenters. The summed E-state index contributed by atoms with van der Waals surface area (Å²) < 4.78 is 5.64. The molecule has 0 aromatic carbocycles. The van der Waals surface area contributed by atoms with Crippen molar-refractivity contribution in [3.8, 4) is 0 Å². The standard InChI is InChI=1S/C30H50O2/c1-19(2)20(3)8-9-21(4)26-12-13-27-25-11-10-23-18-24(32-22(5)31)14-16-29(23,6)28(25)15-17-30(26,27)7/h15,19-21,23-27H,8-14,16-18H2,1-7H3/t20-,21+,23-,24+,25-,26+,27+,29-,30-/m0/s1. The zero-order valence-electron chi connectivity index (χ0n) is 22.1. The van der Waals surface area contributed by atoms with Gasteiger partial charge in [0.25, 0.3) is 0 Å². The molecule has 32 heavy (non-hydrogen) atoms. The molecule has 3 saturated carbocycles. The molecule has 2 nitrogen and oxygen atoms in total. The summed E-state index contributed by atoms with van der Waals surface area (Å²) in [4.78, 5) is 11.5. The highest BCUT2D eigenvalue weighted by atomic mass is 16.5. The molecule has 0 N–H and O–H groups in total. The number of esters is 1. The first-order valence-corrected chi connectivity index (χ1v) is 13.9. The summed E-state index contributed by atoms with van der Waals surface area (Å²) in [5.41, 5.74) is 2.67. The molecule has 4 rings (SSSR count). The third kappa shape index (κ3) is 4.22. The maximum atomic E-state index is 11.5. The minimum atomic E-state index is -0.103. The first kappa shape index (κ1) is 24.3. The normalized spacial score (nSPS) is 43.0. The Morgan fingerprint density at radius 1 is 1.06 bits per heavy atom. The smallest absolute Gasteiger partial charge is 0.302 e. The first-order valence-electron chi connectivity index (χ1n) is 13.9. The Kier molecular flexibility index (Phi) is 6.92. The lowest BCUT2D eigenvalue weighted by Gasteiger charge is -2.57. The van der Waals surface area contributed by atoms with E-state index < -0.39 is 0 Å². The molecular formula is C30H50O2. The molecule has 2 heteroatoms. The monoisotopic (exact) mass is 442 g/mol. The van der Waals surface area contributed by atoms with Crippen LogP contribution >= 0.6 is 0 Å². The number of carbonyl (C=O) groups excluding carboxylic acids is 1. The molecule has 0 saturated heterocycles. The van der Waals surface area contributed by atoms with Crippen molar-refractivity contribution in [1.29, 1.82) is 0 Å². The van der Waals surface area contributed by atoms with Crippen LogP contribution in [0.4, 0.5) is 0 Å². The van der Waals surface area contributed by atoms with Crippen LogP contribution in [0, 0.1) is 52.3 Å². The van der Waals surface area contributed by atoms with Gasteiger partial charge in [-0.15, -0.1) is 0 Å². The number of carbonyl (C=O) groups is 1. The van der Waals surface area contributed by atoms with Crippen LogP contribution in [-0.2, 0) is 9.53 Å². The lowest BCUT2D eigenvalue weighted by atomic mass is 9.48. The van der Waals surface area contributed by atoms with Gasteiger partial charge < -0.3 is 4.74 Å². The van der Waals surface area contributed by atoms with Crippen molar-refractivity contribution in [3.63, 3.8) is 0 Å². The SMILES string of the molecule is CC(=O)O[C@@H]1CC[C@]2(C)C3=CC[C@@]4(C)[C@@H]([C@H](C)CC[C@H](C)C(C)C)CC[C@@H]4[C@@H]3CC[C@H]2C1. The Morgan fingerprint density at radius 3 is 2.50 bits per heavy atom. The van der Waals surface area contributed by atoms with Gasteiger partial charge in [-0.05, 0) is 104 Å². The molecule has 0 bridgehead atoms. The van der Waals surface area contributed by atoms with Crippen LogP contribution in [0.5, 0.6) is 0 Å². The van der Waals surface area contributed by atoms with Crippen LogP contribution in [0.25, 0.3) is 0 Å². The molecule has 4 aliphatic carbocycles. The predicted octanol–water partition coefficient (Wildman–Crippen LogP) is 8.21. The summed E-state index contributed by atoms with van der Waals surface area (Å²) in [5.74, 6) is 5.70. The van der Waals surface area contributed by atoms with E-state index in [9.17, 15) is 4.79 Å². The minimum Gasteiger partial charge on any atom is -0.463 e. The molecular weight excluding hydrogens is 392 g/mol. The maximum absolute atomic E-state index is 11.5. The van der Waals surface area contributed by atoms with Crippen LogP contribution in [0.15, 0.2) is 11.6 Å². The van der Waals surface area contributed by atoms with E-state index in [0.29, 0.717) is 16.7 Å². The summed E-state index contributed by atoms with van der Waals surface area (Å²) in [6.45, 7) is 16.6. The topological polar surface area (TPSA) is 26.3 Å². The molecule has 182 valence electrons. The van der Waals surface area contributed by atoms with E-state index in [2.05, 4.69) is 47.6 Å². The highest BCUT2D eigenvalue weighted by molar-refractivity contribution is 5.66. The van der Waals surface area contributed by atoms with Crippen molar-refractivity contribution < 1.29 is 9.53 Å². The molecule has 0 amide bonds. The van der Waals surface area contributed by atoms with E-state index >= 15 is 0 Å². The van der Waals surface area contributed by atoms with Gasteiger partial charge in [-0.3, -0.25) is 4.79 Å². The second-order valence-corrected chi connectivity index (χ2v) is 13.2. The average molecular weight is 443 g/mol. The van der Waals surface area contributed by atoms with Gasteiger partial charge in [-0.25, -0.2) is 0 Å². The summed E-state index contributed by atoms with van der Waals surface area (Å²) >= 11 is 0. The minimum absolute atomic E-state index is 0.103. The number of fused-ring (bicyclic) bond motifs is 5. The van der Waals surface area contributed by atoms with Crippen molar-refractivity contribution in [2.75, 3.05) is 0 Å². The molecule has 0 aliphatic heterocycles. The van der Waals surface area contributed by atoms with Crippen LogP contribution in [-0.4, -0.2) is 12.1 Å². The number of hydrogen-bond donors (Lipinski definition) is 0. The summed E-state index contributed by atoms with van der Waals surface area (Å²) in [7, 11) is 0. The lowest BCUT2D eigenvalue weighted by Crippen LogP contribution is -2.49. The van der Waals surface area contributed by atoms with Gasteiger partial charge in [-0.2, -0.15) is 0 Å². The molecule has 0 heterocycles. The highest BCUT2D eigenvalue weighted by Crippen LogP contribution is 2.66. The third-order valence-electron chi connectivity index (χ3n) is 11.3. The molecule has 4 aliphatic rings. The Balaban J connectivity index is 1.48. The molecule has 0 aromatic rings. The molecule has 3 fully saturated rings. The number of ether oxygens (including phenoxy) is 1. The van der Waals surface area contributed by atoms with Crippen LogP contribution in [0.3, 0.4) is 0 Å². The van der Waals surface area contributed by atoms with E-state index in [1.54, 1.807) is 6.92 Å². The van der Waals surface area contributed by atoms with E-state index in [1.807, 2.05) is 5.57 Å². The fraction of sp³-hybridized carbons (Fsp3) is 0.900. The fourth-order valence-corrected chi connectivity index (χ4v) is 8.86. The van der Waals surface area contributed by atoms with Gasteiger partial charge in [-0.1, -0.05) is 66.0 Å². The maximum Gasteiger partial charge on any atom is 0.302 e. The lowest BCUT2D eigenvalue weighted by molar-refractivity contribution is -0.151. The van der Waals surface area contributed by atoms with Crippen molar-refractivity contribution >= 4 is 5.97 Å². The molecule has 0 aromatic heterocycles. The van der Waals surface area contributed by atoms with Crippen molar-refractivity contribution in [2.24, 2.45) is 52.3 Å². The largest absolute Gasteiger partial charge is 0.463 e. The predicted molar refractivity (Wildman–Crippen MR) is 133 cm³/mol. The highest BCUT2D eigenvalue weighted by Gasteiger charge is 2.57. The summed E-state index contributed by atoms with van der Waals surface area (Å²) in [5, 5.41) is 0. The van der Waals surface area contributed by atoms with Gasteiger partial charge in [0.15, 0.2) is 0 Å². The van der Waals surface area contributed by atoms with Crippen LogP contribution in [0.2, 0.25) is 0 Å². The van der Waals surface area contributed by atoms with E-state index in [0.717, 1.165) is 48.3 Å². The third-order valence-corrected chi connectivity index (χ3v) is 11.3. The van der Waals surface area contributed by atoms with Crippen molar-refractivity contribution in [2.45, 2.75) is 119 Å². The Labute approximate surface area is 198 Å². The fourth-order valence-electron chi connectivity index (χ4n) is 8.86. The summed E-state index contributed by atoms with van der Waals surface area (Å²) in [6.07, 6.45) is 15.9. The zero-order valence-corrected chi connectivity index (χ0v) is 22.1. The summed E-state index contributed by atoms with van der Waals surface area (Å²) in [6, 6.07) is 0. The van der Waals surface area contributed by atoms with E-state index in [-0.39, 0.29) is 12.1 Å². The van der Waals surface area contributed by atoms with Crippen molar-refractivity contribution in [1.82, 2.24) is 0 Å². The van der Waals surface area contributed by atoms with Gasteiger partial charge in [0.2, 0.25) is 0 Å². The van der Waals surface area contributed by atoms with Crippen LogP contribution in [0.1, 0.15) is 113 Å². The van der Waals surface area contributed by atoms with E-state index in [4.69, 9.17) is 4.74 Å². The number of hydrogen-bond acceptors (Lipinski definition) is 2. The number of allylic oxidation sites excluding steroid dienone is 2. The van der Waals surface area contributed by atoms with E-state index in [1.165, 1.54) is 51.4 Å². The molecule has 0 unspecified atom stereocenters.